The number of piperidine rings is 2. The minimum absolute atomic E-state index is 0.0177. The molecule has 324 valence electrons. The Kier molecular flexibility index (Phi) is 11.2. The van der Waals surface area contributed by atoms with Crippen molar-refractivity contribution in [3.05, 3.63) is 82.8 Å². The van der Waals surface area contributed by atoms with Crippen molar-refractivity contribution in [1.29, 1.82) is 0 Å². The molecule has 6 heterocycles. The van der Waals surface area contributed by atoms with Gasteiger partial charge in [0.25, 0.3) is 11.8 Å². The number of hydrogen-bond acceptors (Lipinski definition) is 13. The summed E-state index contributed by atoms with van der Waals surface area (Å²) in [5.74, 6) is -1.22. The van der Waals surface area contributed by atoms with Crippen LogP contribution in [0.2, 0.25) is 5.02 Å². The van der Waals surface area contributed by atoms with Crippen LogP contribution in [0.15, 0.2) is 60.8 Å². The molecule has 5 aliphatic rings. The third-order valence-electron chi connectivity index (χ3n) is 12.8. The second kappa shape index (κ2) is 16.6. The summed E-state index contributed by atoms with van der Waals surface area (Å²) in [6, 6.07) is 15.1. The van der Waals surface area contributed by atoms with Crippen molar-refractivity contribution in [3.8, 4) is 5.75 Å². The van der Waals surface area contributed by atoms with Crippen LogP contribution in [0.3, 0.4) is 0 Å². The predicted molar refractivity (Wildman–Crippen MR) is 236 cm³/mol. The number of imide groups is 2. The summed E-state index contributed by atoms with van der Waals surface area (Å²) in [5.41, 5.74) is 2.77. The SMILES string of the molecule is COc1cc(N2CCC(CN3CC4CCC(C3)N4c3cc4c(cc3F)C(=O)N(C3CCC(=O)NC3=O)C4=O)CC2)ccc1Nc1ncc(Cl)c(Nc2ccccc2P(C)(C)=O)n1. The van der Waals surface area contributed by atoms with Crippen molar-refractivity contribution in [2.24, 2.45) is 5.92 Å². The number of benzene rings is 3. The van der Waals surface area contributed by atoms with E-state index < -0.39 is 42.6 Å². The van der Waals surface area contributed by atoms with E-state index in [-0.39, 0.29) is 36.1 Å². The van der Waals surface area contributed by atoms with Crippen LogP contribution in [-0.2, 0) is 14.2 Å². The zero-order valence-corrected chi connectivity index (χ0v) is 36.3. The van der Waals surface area contributed by atoms with Crippen LogP contribution in [0.4, 0.5) is 38.9 Å². The van der Waals surface area contributed by atoms with Crippen molar-refractivity contribution in [3.63, 3.8) is 0 Å². The highest BCUT2D eigenvalue weighted by Crippen LogP contribution is 2.42. The van der Waals surface area contributed by atoms with Crippen LogP contribution in [0.5, 0.6) is 5.75 Å². The summed E-state index contributed by atoms with van der Waals surface area (Å²) in [5, 5.41) is 9.72. The first-order chi connectivity index (χ1) is 29.7. The van der Waals surface area contributed by atoms with Crippen LogP contribution in [0, 0.1) is 11.7 Å². The zero-order valence-electron chi connectivity index (χ0n) is 34.7. The molecular weight excluding hydrogens is 836 g/mol. The number of piperazine rings is 1. The molecule has 2 bridgehead atoms. The lowest BCUT2D eigenvalue weighted by Crippen LogP contribution is -2.55. The molecule has 4 amide bonds. The Bertz CT molecular complexity index is 2520. The lowest BCUT2D eigenvalue weighted by molar-refractivity contribution is -0.136. The van der Waals surface area contributed by atoms with E-state index in [0.717, 1.165) is 75.1 Å². The number of anilines is 6. The van der Waals surface area contributed by atoms with Crippen molar-refractivity contribution in [2.75, 3.05) is 73.6 Å². The minimum Gasteiger partial charge on any atom is -0.494 e. The van der Waals surface area contributed by atoms with Gasteiger partial charge in [-0.3, -0.25) is 34.3 Å². The molecule has 0 spiro atoms. The quantitative estimate of drug-likeness (QED) is 0.119. The summed E-state index contributed by atoms with van der Waals surface area (Å²) < 4.78 is 34.6. The van der Waals surface area contributed by atoms with Crippen molar-refractivity contribution in [2.45, 2.75) is 56.7 Å². The van der Waals surface area contributed by atoms with E-state index in [1.807, 2.05) is 36.4 Å². The van der Waals surface area contributed by atoms with Gasteiger partial charge in [0.1, 0.15) is 29.8 Å². The van der Waals surface area contributed by atoms with E-state index in [1.54, 1.807) is 20.4 Å². The number of ether oxygens (including phenoxy) is 1. The van der Waals surface area contributed by atoms with Gasteiger partial charge in [-0.1, -0.05) is 23.7 Å². The van der Waals surface area contributed by atoms with Gasteiger partial charge in [0.2, 0.25) is 17.8 Å². The Morgan fingerprint density at radius 2 is 1.61 bits per heavy atom. The van der Waals surface area contributed by atoms with E-state index in [0.29, 0.717) is 50.8 Å². The molecule has 3 atom stereocenters. The van der Waals surface area contributed by atoms with Gasteiger partial charge in [0, 0.05) is 68.3 Å². The normalized spacial score (nSPS) is 22.0. The molecule has 0 saturated carbocycles. The maximum absolute atomic E-state index is 15.9. The van der Waals surface area contributed by atoms with E-state index in [1.165, 1.54) is 12.3 Å². The van der Waals surface area contributed by atoms with Crippen molar-refractivity contribution >= 4 is 82.2 Å². The topological polar surface area (TPSA) is 169 Å². The standard InChI is InChI=1S/C44H48ClFN9O6P/c1-61-37-18-26(10-11-33(37)49-44-47-21-31(45)40(51-44)48-34-6-4-5-7-38(34)62(2,3)60)53-16-14-25(15-17-53)22-52-23-27-8-9-28(24-52)54(27)36-20-30-29(19-32(36)46)42(58)55(43(30)59)35-12-13-39(56)50-41(35)57/h4-7,10-11,18-21,25,27-28,35H,8-9,12-17,22-24H2,1-3H3,(H,50,56,57)(H2,47,48,49,51). The highest BCUT2D eigenvalue weighted by atomic mass is 35.5. The molecule has 62 heavy (non-hydrogen) atoms. The van der Waals surface area contributed by atoms with Gasteiger partial charge in [-0.15, -0.1) is 0 Å². The lowest BCUT2D eigenvalue weighted by atomic mass is 9.95. The molecular formula is C44H48ClFN9O6P. The average molecular weight is 884 g/mol. The molecule has 3 N–H and O–H groups in total. The summed E-state index contributed by atoms with van der Waals surface area (Å²) in [6.45, 7) is 7.70. The first-order valence-corrected chi connectivity index (χ1v) is 23.9. The Balaban J connectivity index is 0.806. The molecule has 4 saturated heterocycles. The minimum atomic E-state index is -2.57. The van der Waals surface area contributed by atoms with Gasteiger partial charge in [0.05, 0.1) is 41.5 Å². The molecule has 4 aromatic rings. The molecule has 1 aromatic heterocycles. The summed E-state index contributed by atoms with van der Waals surface area (Å²) >= 11 is 6.48. The third-order valence-corrected chi connectivity index (χ3v) is 14.6. The number of nitrogens with one attached hydrogen (secondary N) is 3. The van der Waals surface area contributed by atoms with E-state index in [4.69, 9.17) is 16.3 Å². The number of likely N-dealkylation sites (tertiary alicyclic amines) is 1. The molecule has 0 aliphatic carbocycles. The third kappa shape index (κ3) is 7.99. The number of aromatic nitrogens is 2. The van der Waals surface area contributed by atoms with Gasteiger partial charge in [0.15, 0.2) is 5.82 Å². The summed E-state index contributed by atoms with van der Waals surface area (Å²) in [4.78, 5) is 67.9. The van der Waals surface area contributed by atoms with Crippen LogP contribution < -0.4 is 35.8 Å². The van der Waals surface area contributed by atoms with E-state index in [2.05, 4.69) is 46.7 Å². The molecule has 15 nitrogen and oxygen atoms in total. The highest BCUT2D eigenvalue weighted by Gasteiger charge is 2.47. The fourth-order valence-electron chi connectivity index (χ4n) is 9.74. The van der Waals surface area contributed by atoms with Gasteiger partial charge in [-0.25, -0.2) is 9.37 Å². The second-order valence-corrected chi connectivity index (χ2v) is 20.7. The first-order valence-electron chi connectivity index (χ1n) is 21.0. The molecule has 9 rings (SSSR count). The Morgan fingerprint density at radius 3 is 2.31 bits per heavy atom. The van der Waals surface area contributed by atoms with Crippen LogP contribution >= 0.6 is 18.7 Å². The Hall–Kier alpha value is -5.57. The van der Waals surface area contributed by atoms with Gasteiger partial charge >= 0.3 is 0 Å². The number of nitrogens with zero attached hydrogens (tertiary/aromatic N) is 6. The summed E-state index contributed by atoms with van der Waals surface area (Å²) in [7, 11) is -0.945. The number of para-hydroxylation sites is 1. The van der Waals surface area contributed by atoms with Crippen molar-refractivity contribution in [1.82, 2.24) is 25.1 Å². The Labute approximate surface area is 363 Å². The number of fused-ring (bicyclic) bond motifs is 3. The summed E-state index contributed by atoms with van der Waals surface area (Å²) in [6.07, 6.45) is 5.40. The van der Waals surface area contributed by atoms with Gasteiger partial charge in [-0.2, -0.15) is 4.98 Å². The molecule has 18 heteroatoms. The number of methoxy groups -OCH3 is 1. The zero-order chi connectivity index (χ0) is 43.4. The number of rotatable bonds is 11. The highest BCUT2D eigenvalue weighted by molar-refractivity contribution is 7.70. The van der Waals surface area contributed by atoms with Crippen molar-refractivity contribution < 1.29 is 32.9 Å². The van der Waals surface area contributed by atoms with E-state index in [9.17, 15) is 23.7 Å². The maximum Gasteiger partial charge on any atom is 0.262 e. The molecule has 3 unspecified atom stereocenters. The molecule has 5 aliphatic heterocycles. The first kappa shape index (κ1) is 41.8. The average Bonchev–Trinajstić information content (AvgIpc) is 3.64. The number of amides is 4. The van der Waals surface area contributed by atoms with E-state index >= 15 is 4.39 Å². The monoisotopic (exact) mass is 883 g/mol. The van der Waals surface area contributed by atoms with Crippen LogP contribution in [-0.4, -0.2) is 115 Å². The maximum atomic E-state index is 15.9. The predicted octanol–water partition coefficient (Wildman–Crippen LogP) is 5.98. The Morgan fingerprint density at radius 1 is 0.903 bits per heavy atom. The molecule has 3 aromatic carbocycles. The van der Waals surface area contributed by atoms with Gasteiger partial charge in [-0.05, 0) is 87.7 Å². The number of hydrogen-bond donors (Lipinski definition) is 3. The fourth-order valence-corrected chi connectivity index (χ4v) is 11.0. The lowest BCUT2D eigenvalue weighted by Gasteiger charge is -2.44. The molecule has 0 radical (unpaired) electrons. The fraction of sp³-hybridized carbons (Fsp3) is 0.409. The smallest absolute Gasteiger partial charge is 0.262 e. The largest absolute Gasteiger partial charge is 0.494 e. The number of halogens is 2. The van der Waals surface area contributed by atoms with Crippen LogP contribution in [0.25, 0.3) is 0 Å². The van der Waals surface area contributed by atoms with Crippen LogP contribution in [0.1, 0.15) is 59.2 Å². The number of carbonyl (C=O) groups is 4. The van der Waals surface area contributed by atoms with Gasteiger partial charge < -0.3 is 29.7 Å². The second-order valence-electron chi connectivity index (χ2n) is 17.1. The number of carbonyl (C=O) groups excluding carboxylic acids is 4. The molecule has 4 fully saturated rings.